The highest BCUT2D eigenvalue weighted by atomic mass is 19.4. The van der Waals surface area contributed by atoms with Crippen molar-refractivity contribution in [3.05, 3.63) is 23.4 Å². The molecule has 0 atom stereocenters. The van der Waals surface area contributed by atoms with Crippen molar-refractivity contribution in [2.24, 2.45) is 5.92 Å². The van der Waals surface area contributed by atoms with Crippen LogP contribution in [0.2, 0.25) is 0 Å². The van der Waals surface area contributed by atoms with E-state index < -0.39 is 18.0 Å². The molecule has 7 nitrogen and oxygen atoms in total. The van der Waals surface area contributed by atoms with Crippen LogP contribution in [0.5, 0.6) is 5.88 Å². The van der Waals surface area contributed by atoms with E-state index in [0.29, 0.717) is 25.9 Å². The Morgan fingerprint density at radius 1 is 1.42 bits per heavy atom. The molecule has 0 saturated carbocycles. The Labute approximate surface area is 135 Å². The van der Waals surface area contributed by atoms with Gasteiger partial charge in [-0.2, -0.15) is 18.4 Å². The van der Waals surface area contributed by atoms with Crippen LogP contribution in [0.3, 0.4) is 0 Å². The fraction of sp³-hybridized carbons (Fsp3) is 0.500. The molecule has 1 aliphatic rings. The van der Waals surface area contributed by atoms with Crippen molar-refractivity contribution in [1.29, 1.82) is 5.26 Å². The number of hydrogen-bond donors (Lipinski definition) is 1. The third kappa shape index (κ3) is 4.73. The van der Waals surface area contributed by atoms with Gasteiger partial charge in [-0.1, -0.05) is 0 Å². The zero-order valence-electron chi connectivity index (χ0n) is 12.4. The summed E-state index contributed by atoms with van der Waals surface area (Å²) in [5.41, 5.74) is -1.20. The first-order valence-corrected chi connectivity index (χ1v) is 7.06. The number of pyridine rings is 1. The quantitative estimate of drug-likeness (QED) is 0.896. The number of rotatable bonds is 4. The van der Waals surface area contributed by atoms with Gasteiger partial charge in [0.2, 0.25) is 5.88 Å². The summed E-state index contributed by atoms with van der Waals surface area (Å²) in [6.07, 6.45) is -4.91. The number of nitriles is 1. The van der Waals surface area contributed by atoms with Crippen LogP contribution in [-0.4, -0.2) is 41.0 Å². The van der Waals surface area contributed by atoms with E-state index in [4.69, 9.17) is 15.1 Å². The Morgan fingerprint density at radius 3 is 2.62 bits per heavy atom. The molecule has 1 aromatic heterocycles. The second-order valence-electron chi connectivity index (χ2n) is 5.20. The lowest BCUT2D eigenvalue weighted by Crippen LogP contribution is -2.36. The number of aromatic nitrogens is 1. The van der Waals surface area contributed by atoms with Gasteiger partial charge in [-0.25, -0.2) is 9.78 Å². The Bertz CT molecular complexity index is 637. The van der Waals surface area contributed by atoms with E-state index >= 15 is 0 Å². The van der Waals surface area contributed by atoms with Gasteiger partial charge in [-0.3, -0.25) is 0 Å². The summed E-state index contributed by atoms with van der Waals surface area (Å²) in [5.74, 6) is -0.349. The van der Waals surface area contributed by atoms with Crippen LogP contribution in [0.1, 0.15) is 24.1 Å². The third-order valence-corrected chi connectivity index (χ3v) is 3.51. The number of nitrogens with zero attached hydrogens (tertiary/aromatic N) is 3. The molecule has 130 valence electrons. The number of carboxylic acid groups (broad SMARTS) is 1. The maximum Gasteiger partial charge on any atom is 0.525 e. The highest BCUT2D eigenvalue weighted by Gasteiger charge is 2.33. The number of alkyl halides is 3. The maximum absolute atomic E-state index is 12.7. The van der Waals surface area contributed by atoms with Gasteiger partial charge in [0.15, 0.2) is 0 Å². The second-order valence-corrected chi connectivity index (χ2v) is 5.20. The summed E-state index contributed by atoms with van der Waals surface area (Å²) in [6, 6.07) is 3.49. The van der Waals surface area contributed by atoms with Gasteiger partial charge in [-0.05, 0) is 30.9 Å². The summed E-state index contributed by atoms with van der Waals surface area (Å²) >= 11 is 0. The predicted octanol–water partition coefficient (Wildman–Crippen LogP) is 2.67. The normalized spacial score (nSPS) is 16.4. The van der Waals surface area contributed by atoms with E-state index in [2.05, 4.69) is 9.82 Å². The number of halogens is 3. The monoisotopic (exact) mass is 345 g/mol. The number of hydroxylamine groups is 2. The van der Waals surface area contributed by atoms with Crippen LogP contribution in [0.15, 0.2) is 12.1 Å². The lowest BCUT2D eigenvalue weighted by molar-refractivity contribution is -0.142. The van der Waals surface area contributed by atoms with Crippen LogP contribution < -0.4 is 4.74 Å². The molecule has 1 saturated heterocycles. The highest BCUT2D eigenvalue weighted by Crippen LogP contribution is 2.30. The van der Waals surface area contributed by atoms with E-state index in [9.17, 15) is 18.0 Å². The molecule has 24 heavy (non-hydrogen) atoms. The molecule has 2 heterocycles. The molecule has 1 N–H and O–H groups in total. The fourth-order valence-electron chi connectivity index (χ4n) is 2.27. The Kier molecular flexibility index (Phi) is 5.46. The van der Waals surface area contributed by atoms with Crippen LogP contribution in [0, 0.1) is 17.2 Å². The molecule has 0 aliphatic carbocycles. The molecule has 10 heteroatoms. The minimum Gasteiger partial charge on any atom is -0.476 e. The minimum atomic E-state index is -4.62. The van der Waals surface area contributed by atoms with E-state index in [1.54, 1.807) is 6.07 Å². The van der Waals surface area contributed by atoms with Crippen molar-refractivity contribution in [2.45, 2.75) is 19.0 Å². The number of ether oxygens (including phenoxy) is 1. The maximum atomic E-state index is 12.7. The minimum absolute atomic E-state index is 0.00142. The summed E-state index contributed by atoms with van der Waals surface area (Å²) < 4.78 is 43.3. The standard InChI is InChI=1S/C14H14F3N3O4/c15-14(16,17)11-2-1-10(7-18)12(19-11)23-8-9-3-5-20(6-4-9)24-13(21)22/h1-2,9H,3-6,8H2,(H,21,22). The molecule has 1 aromatic rings. The molecule has 0 aromatic carbocycles. The van der Waals surface area contributed by atoms with E-state index in [0.717, 1.165) is 12.1 Å². The van der Waals surface area contributed by atoms with Crippen LogP contribution in [0.25, 0.3) is 0 Å². The molecule has 0 radical (unpaired) electrons. The summed E-state index contributed by atoms with van der Waals surface area (Å²) in [6.45, 7) is 0.812. The predicted molar refractivity (Wildman–Crippen MR) is 72.9 cm³/mol. The average molecular weight is 345 g/mol. The van der Waals surface area contributed by atoms with Crippen molar-refractivity contribution in [3.63, 3.8) is 0 Å². The molecule has 1 fully saturated rings. The molecule has 0 spiro atoms. The molecule has 1 aliphatic heterocycles. The lowest BCUT2D eigenvalue weighted by Gasteiger charge is -2.29. The smallest absolute Gasteiger partial charge is 0.476 e. The molecule has 2 rings (SSSR count). The van der Waals surface area contributed by atoms with Crippen molar-refractivity contribution >= 4 is 6.16 Å². The van der Waals surface area contributed by atoms with Crippen LogP contribution in [-0.2, 0) is 11.0 Å². The molecule has 0 unspecified atom stereocenters. The Hall–Kier alpha value is -2.54. The van der Waals surface area contributed by atoms with Crippen LogP contribution in [0.4, 0.5) is 18.0 Å². The van der Waals surface area contributed by atoms with Gasteiger partial charge < -0.3 is 14.7 Å². The molecular formula is C14H14F3N3O4. The number of hydrogen-bond acceptors (Lipinski definition) is 6. The largest absolute Gasteiger partial charge is 0.525 e. The van der Waals surface area contributed by atoms with Crippen LogP contribution >= 0.6 is 0 Å². The van der Waals surface area contributed by atoms with Crippen molar-refractivity contribution in [1.82, 2.24) is 10.0 Å². The average Bonchev–Trinajstić information content (AvgIpc) is 2.52. The van der Waals surface area contributed by atoms with Gasteiger partial charge in [0.1, 0.15) is 17.3 Å². The third-order valence-electron chi connectivity index (χ3n) is 3.51. The first kappa shape index (κ1) is 17.8. The SMILES string of the molecule is N#Cc1ccc(C(F)(F)F)nc1OCC1CCN(OC(=O)O)CC1. The van der Waals surface area contributed by atoms with Crippen molar-refractivity contribution in [2.75, 3.05) is 19.7 Å². The number of carbonyl (C=O) groups is 1. The molecule has 0 bridgehead atoms. The first-order valence-electron chi connectivity index (χ1n) is 7.06. The zero-order valence-corrected chi connectivity index (χ0v) is 12.4. The summed E-state index contributed by atoms with van der Waals surface area (Å²) in [4.78, 5) is 18.3. The van der Waals surface area contributed by atoms with Gasteiger partial charge >= 0.3 is 12.3 Å². The van der Waals surface area contributed by atoms with Crippen molar-refractivity contribution in [3.8, 4) is 11.9 Å². The Morgan fingerprint density at radius 2 is 2.08 bits per heavy atom. The van der Waals surface area contributed by atoms with E-state index in [1.807, 2.05) is 0 Å². The number of piperidine rings is 1. The fourth-order valence-corrected chi connectivity index (χ4v) is 2.27. The van der Waals surface area contributed by atoms with E-state index in [-0.39, 0.29) is 24.0 Å². The topological polar surface area (TPSA) is 95.7 Å². The van der Waals surface area contributed by atoms with Gasteiger partial charge in [0.25, 0.3) is 0 Å². The second kappa shape index (κ2) is 7.35. The molecular weight excluding hydrogens is 331 g/mol. The van der Waals surface area contributed by atoms with Gasteiger partial charge in [0, 0.05) is 13.1 Å². The summed E-state index contributed by atoms with van der Waals surface area (Å²) in [7, 11) is 0. The van der Waals surface area contributed by atoms with Gasteiger partial charge in [-0.15, -0.1) is 5.06 Å². The van der Waals surface area contributed by atoms with E-state index in [1.165, 1.54) is 5.06 Å². The molecule has 0 amide bonds. The summed E-state index contributed by atoms with van der Waals surface area (Å²) in [5, 5.41) is 18.7. The Balaban J connectivity index is 1.95. The highest BCUT2D eigenvalue weighted by molar-refractivity contribution is 5.56. The zero-order chi connectivity index (χ0) is 17.7. The van der Waals surface area contributed by atoms with Crippen molar-refractivity contribution < 1.29 is 32.6 Å². The van der Waals surface area contributed by atoms with Gasteiger partial charge in [0.05, 0.1) is 6.61 Å². The first-order chi connectivity index (χ1) is 11.3. The lowest BCUT2D eigenvalue weighted by atomic mass is 9.99.